The average molecular weight is 374 g/mol. The van der Waals surface area contributed by atoms with Crippen molar-refractivity contribution in [2.24, 2.45) is 0 Å². The van der Waals surface area contributed by atoms with E-state index in [1.807, 2.05) is 61.5 Å². The molecule has 1 atom stereocenters. The molecule has 28 heavy (non-hydrogen) atoms. The molecule has 1 fully saturated rings. The molecule has 142 valence electrons. The van der Waals surface area contributed by atoms with Crippen LogP contribution in [-0.2, 0) is 5.60 Å². The number of amides is 1. The predicted octanol–water partition coefficient (Wildman–Crippen LogP) is 3.26. The zero-order valence-corrected chi connectivity index (χ0v) is 15.7. The molecule has 0 aliphatic carbocycles. The molecule has 1 saturated heterocycles. The van der Waals surface area contributed by atoms with Gasteiger partial charge in [-0.05, 0) is 36.6 Å². The van der Waals surface area contributed by atoms with Crippen LogP contribution >= 0.6 is 0 Å². The lowest BCUT2D eigenvalue weighted by atomic mass is 9.89. The number of carbonyl (C=O) groups is 1. The van der Waals surface area contributed by atoms with Gasteiger partial charge in [-0.25, -0.2) is 9.97 Å². The lowest BCUT2D eigenvalue weighted by molar-refractivity contribution is 0.0412. The molecule has 1 amide bonds. The molecule has 6 heteroatoms. The molecule has 0 bridgehead atoms. The van der Waals surface area contributed by atoms with Gasteiger partial charge in [-0.15, -0.1) is 0 Å². The van der Waals surface area contributed by atoms with E-state index in [9.17, 15) is 9.90 Å². The highest BCUT2D eigenvalue weighted by Crippen LogP contribution is 2.34. The smallest absolute Gasteiger partial charge is 0.257 e. The number of carbonyl (C=O) groups excluding carboxylic acids is 1. The van der Waals surface area contributed by atoms with E-state index in [0.29, 0.717) is 24.5 Å². The van der Waals surface area contributed by atoms with Gasteiger partial charge in [0.25, 0.3) is 5.91 Å². The highest BCUT2D eigenvalue weighted by Gasteiger charge is 2.40. The number of hydrogen-bond donors (Lipinski definition) is 2. The van der Waals surface area contributed by atoms with Crippen molar-refractivity contribution in [1.29, 1.82) is 0 Å². The van der Waals surface area contributed by atoms with Crippen LogP contribution in [0.5, 0.6) is 0 Å². The van der Waals surface area contributed by atoms with Crippen LogP contribution in [0.1, 0.15) is 27.9 Å². The number of nitrogens with zero attached hydrogens (tertiary/aromatic N) is 3. The van der Waals surface area contributed by atoms with Crippen LogP contribution in [0.4, 0.5) is 11.6 Å². The first-order valence-corrected chi connectivity index (χ1v) is 9.27. The summed E-state index contributed by atoms with van der Waals surface area (Å²) in [5, 5.41) is 14.2. The van der Waals surface area contributed by atoms with Gasteiger partial charge in [-0.1, -0.05) is 42.5 Å². The molecule has 1 aliphatic heterocycles. The Labute approximate surface area is 163 Å². The van der Waals surface area contributed by atoms with E-state index in [1.54, 1.807) is 4.90 Å². The number of anilines is 2. The fraction of sp³-hybridized carbons (Fsp3) is 0.227. The van der Waals surface area contributed by atoms with Crippen molar-refractivity contribution in [1.82, 2.24) is 14.9 Å². The number of benzene rings is 2. The van der Waals surface area contributed by atoms with Crippen LogP contribution in [0.3, 0.4) is 0 Å². The normalized spacial score (nSPS) is 18.9. The van der Waals surface area contributed by atoms with Crippen molar-refractivity contribution in [3.8, 4) is 0 Å². The topological polar surface area (TPSA) is 78.3 Å². The fourth-order valence-electron chi connectivity index (χ4n) is 3.62. The quantitative estimate of drug-likeness (QED) is 0.733. The number of aliphatic hydroxyl groups is 1. The first kappa shape index (κ1) is 18.1. The van der Waals surface area contributed by atoms with E-state index in [-0.39, 0.29) is 12.5 Å². The second kappa shape index (κ2) is 7.40. The first-order valence-electron chi connectivity index (χ1n) is 9.27. The molecule has 1 aliphatic rings. The molecular formula is C22H22N4O2. The fourth-order valence-corrected chi connectivity index (χ4v) is 3.62. The van der Waals surface area contributed by atoms with Crippen molar-refractivity contribution in [3.63, 3.8) is 0 Å². The third-order valence-electron chi connectivity index (χ3n) is 5.11. The molecular weight excluding hydrogens is 352 g/mol. The Hall–Kier alpha value is -3.25. The number of nitrogens with one attached hydrogen (secondary N) is 1. The van der Waals surface area contributed by atoms with E-state index >= 15 is 0 Å². The van der Waals surface area contributed by atoms with Crippen LogP contribution in [0.25, 0.3) is 0 Å². The Morgan fingerprint density at radius 2 is 1.75 bits per heavy atom. The summed E-state index contributed by atoms with van der Waals surface area (Å²) in [5.41, 5.74) is 2.18. The second-order valence-corrected chi connectivity index (χ2v) is 7.11. The highest BCUT2D eigenvalue weighted by atomic mass is 16.3. The zero-order valence-electron chi connectivity index (χ0n) is 15.7. The summed E-state index contributed by atoms with van der Waals surface area (Å²) in [6.07, 6.45) is 3.55. The summed E-state index contributed by atoms with van der Waals surface area (Å²) in [5.74, 6) is 0.261. The number of aryl methyl sites for hydroxylation is 1. The van der Waals surface area contributed by atoms with Crippen LogP contribution in [0.15, 0.2) is 67.0 Å². The Morgan fingerprint density at radius 1 is 1.07 bits per heavy atom. The summed E-state index contributed by atoms with van der Waals surface area (Å²) in [6, 6.07) is 17.4. The maximum absolute atomic E-state index is 12.8. The van der Waals surface area contributed by atoms with Gasteiger partial charge in [-0.3, -0.25) is 4.79 Å². The van der Waals surface area contributed by atoms with Crippen molar-refractivity contribution in [2.75, 3.05) is 18.4 Å². The van der Waals surface area contributed by atoms with Crippen LogP contribution < -0.4 is 5.32 Å². The zero-order chi connectivity index (χ0) is 19.6. The molecule has 1 aromatic heterocycles. The Balaban J connectivity index is 1.46. The average Bonchev–Trinajstić information content (AvgIpc) is 3.12. The molecule has 2 heterocycles. The molecule has 2 aromatic carbocycles. The minimum atomic E-state index is -1.02. The van der Waals surface area contributed by atoms with Gasteiger partial charge in [-0.2, -0.15) is 0 Å². The minimum Gasteiger partial charge on any atom is -0.383 e. The number of hydrogen-bond acceptors (Lipinski definition) is 5. The minimum absolute atomic E-state index is 0.171. The monoisotopic (exact) mass is 374 g/mol. The van der Waals surface area contributed by atoms with E-state index < -0.39 is 5.60 Å². The van der Waals surface area contributed by atoms with E-state index in [2.05, 4.69) is 15.3 Å². The van der Waals surface area contributed by atoms with Crippen LogP contribution in [-0.4, -0.2) is 39.0 Å². The van der Waals surface area contributed by atoms with E-state index in [0.717, 1.165) is 16.8 Å². The second-order valence-electron chi connectivity index (χ2n) is 7.11. The number of aromatic nitrogens is 2. The summed E-state index contributed by atoms with van der Waals surface area (Å²) in [7, 11) is 0. The first-order chi connectivity index (χ1) is 13.5. The van der Waals surface area contributed by atoms with Crippen LogP contribution in [0.2, 0.25) is 0 Å². The van der Waals surface area contributed by atoms with Gasteiger partial charge in [0.1, 0.15) is 5.60 Å². The standard InChI is InChI=1S/C22H22N4O2/c1-16-7-5-6-10-19(16)22(28)11-12-26(15-22)20(27)17-13-23-21(24-14-17)25-18-8-3-2-4-9-18/h2-10,13-14,28H,11-12,15H2,1H3,(H,23,24,25)/t22-/m0/s1. The van der Waals surface area contributed by atoms with E-state index in [4.69, 9.17) is 0 Å². The van der Waals surface area contributed by atoms with Crippen molar-refractivity contribution in [2.45, 2.75) is 18.9 Å². The number of rotatable bonds is 4. The third-order valence-corrected chi connectivity index (χ3v) is 5.11. The van der Waals surface area contributed by atoms with Gasteiger partial charge >= 0.3 is 0 Å². The summed E-state index contributed by atoms with van der Waals surface area (Å²) in [4.78, 5) is 23.0. The maximum Gasteiger partial charge on any atom is 0.257 e. The Bertz CT molecular complexity index is 975. The number of para-hydroxylation sites is 1. The highest BCUT2D eigenvalue weighted by molar-refractivity contribution is 5.94. The van der Waals surface area contributed by atoms with Gasteiger partial charge in [0.05, 0.1) is 12.1 Å². The summed E-state index contributed by atoms with van der Waals surface area (Å²) >= 11 is 0. The van der Waals surface area contributed by atoms with E-state index in [1.165, 1.54) is 12.4 Å². The molecule has 4 rings (SSSR count). The molecule has 0 radical (unpaired) electrons. The molecule has 3 aromatic rings. The Morgan fingerprint density at radius 3 is 2.46 bits per heavy atom. The molecule has 2 N–H and O–H groups in total. The van der Waals surface area contributed by atoms with Crippen LogP contribution in [0, 0.1) is 6.92 Å². The number of likely N-dealkylation sites (tertiary alicyclic amines) is 1. The summed E-state index contributed by atoms with van der Waals surface area (Å²) in [6.45, 7) is 2.73. The molecule has 0 unspecified atom stereocenters. The molecule has 0 saturated carbocycles. The molecule has 6 nitrogen and oxygen atoms in total. The van der Waals surface area contributed by atoms with Gasteiger partial charge in [0, 0.05) is 24.6 Å². The van der Waals surface area contributed by atoms with Crippen molar-refractivity contribution < 1.29 is 9.90 Å². The van der Waals surface area contributed by atoms with Gasteiger partial charge < -0.3 is 15.3 Å². The van der Waals surface area contributed by atoms with Gasteiger partial charge in [0.15, 0.2) is 0 Å². The summed E-state index contributed by atoms with van der Waals surface area (Å²) < 4.78 is 0. The SMILES string of the molecule is Cc1ccccc1[C@]1(O)CCN(C(=O)c2cnc(Nc3ccccc3)nc2)C1. The third kappa shape index (κ3) is 3.59. The van der Waals surface area contributed by atoms with Crippen molar-refractivity contribution in [3.05, 3.63) is 83.7 Å². The maximum atomic E-state index is 12.8. The lowest BCUT2D eigenvalue weighted by Gasteiger charge is -2.25. The largest absolute Gasteiger partial charge is 0.383 e. The lowest BCUT2D eigenvalue weighted by Crippen LogP contribution is -2.35. The Kier molecular flexibility index (Phi) is 4.79. The molecule has 0 spiro atoms. The predicted molar refractivity (Wildman–Crippen MR) is 107 cm³/mol. The number of β-amino-alcohol motifs (C(OH)–C–C–N with tert-alkyl or cyclic N) is 1. The van der Waals surface area contributed by atoms with Gasteiger partial charge in [0.2, 0.25) is 5.95 Å². The van der Waals surface area contributed by atoms with Crippen molar-refractivity contribution >= 4 is 17.5 Å².